The fraction of sp³-hybridized carbons (Fsp3) is 0.583. The zero-order valence-corrected chi connectivity index (χ0v) is 20.6. The van der Waals surface area contributed by atoms with Gasteiger partial charge >= 0.3 is 0 Å². The number of aromatic nitrogens is 3. The summed E-state index contributed by atoms with van der Waals surface area (Å²) in [5, 5.41) is 11.4. The molecule has 0 unspecified atom stereocenters. The van der Waals surface area contributed by atoms with Crippen LogP contribution in [-0.2, 0) is 4.79 Å². The van der Waals surface area contributed by atoms with Crippen molar-refractivity contribution in [1.29, 1.82) is 0 Å². The number of piperidine rings is 1. The first-order valence-electron chi connectivity index (χ1n) is 11.4. The normalized spacial score (nSPS) is 15.1. The number of nitrogens with one attached hydrogen (secondary N) is 1. The van der Waals surface area contributed by atoms with E-state index >= 15 is 0 Å². The molecule has 180 valence electrons. The Morgan fingerprint density at radius 3 is 2.58 bits per heavy atom. The Morgan fingerprint density at radius 1 is 1.24 bits per heavy atom. The van der Waals surface area contributed by atoms with E-state index in [2.05, 4.69) is 34.4 Å². The highest BCUT2D eigenvalue weighted by molar-refractivity contribution is 5.93. The summed E-state index contributed by atoms with van der Waals surface area (Å²) in [7, 11) is 5.68. The molecule has 1 N–H and O–H groups in total. The highest BCUT2D eigenvalue weighted by Crippen LogP contribution is 2.22. The molecule has 0 aliphatic carbocycles. The Bertz CT molecular complexity index is 976. The number of nitrogens with zero attached hydrogens (tertiary/aromatic N) is 5. The average Bonchev–Trinajstić information content (AvgIpc) is 3.17. The van der Waals surface area contributed by atoms with E-state index in [-0.39, 0.29) is 23.1 Å². The maximum Gasteiger partial charge on any atom is 0.276 e. The quantitative estimate of drug-likeness (QED) is 0.654. The number of hydrogen-bond acceptors (Lipinski definition) is 6. The van der Waals surface area contributed by atoms with Crippen LogP contribution in [0.1, 0.15) is 42.9 Å². The standard InChI is InChI=1S/C24H36N6O3/c1-17-21(26-27-30(17)19-8-7-9-20(14-19)33-6)23(32)29-12-10-18(11-13-29)22(31)25-15-24(2,3)16-28(4)5/h7-9,14,18H,10-13,15-16H2,1-6H3,(H,25,31). The number of carbonyl (C=O) groups is 2. The first-order chi connectivity index (χ1) is 15.6. The Hall–Kier alpha value is -2.94. The monoisotopic (exact) mass is 456 g/mol. The number of amides is 2. The Kier molecular flexibility index (Phi) is 7.73. The van der Waals surface area contributed by atoms with Gasteiger partial charge in [-0.2, -0.15) is 0 Å². The van der Waals surface area contributed by atoms with Gasteiger partial charge in [0.15, 0.2) is 5.69 Å². The van der Waals surface area contributed by atoms with E-state index in [4.69, 9.17) is 4.74 Å². The first kappa shape index (κ1) is 24.7. The van der Waals surface area contributed by atoms with Crippen LogP contribution in [0.5, 0.6) is 5.75 Å². The third kappa shape index (κ3) is 6.10. The summed E-state index contributed by atoms with van der Waals surface area (Å²) in [5.41, 5.74) is 1.80. The van der Waals surface area contributed by atoms with Gasteiger partial charge in [-0.25, -0.2) is 4.68 Å². The van der Waals surface area contributed by atoms with Gasteiger partial charge in [-0.15, -0.1) is 5.10 Å². The summed E-state index contributed by atoms with van der Waals surface area (Å²) in [6, 6.07) is 7.46. The second-order valence-corrected chi connectivity index (χ2v) is 9.82. The minimum absolute atomic E-state index is 0.00194. The van der Waals surface area contributed by atoms with E-state index < -0.39 is 0 Å². The molecule has 0 radical (unpaired) electrons. The van der Waals surface area contributed by atoms with Gasteiger partial charge in [0.2, 0.25) is 5.91 Å². The van der Waals surface area contributed by atoms with Gasteiger partial charge in [0, 0.05) is 38.2 Å². The van der Waals surface area contributed by atoms with Crippen molar-refractivity contribution >= 4 is 11.8 Å². The van der Waals surface area contributed by atoms with Crippen molar-refractivity contribution in [3.63, 3.8) is 0 Å². The maximum atomic E-state index is 13.1. The molecule has 2 heterocycles. The van der Waals surface area contributed by atoms with Gasteiger partial charge in [-0.05, 0) is 51.4 Å². The lowest BCUT2D eigenvalue weighted by molar-refractivity contribution is -0.126. The molecule has 1 saturated heterocycles. The topological polar surface area (TPSA) is 92.6 Å². The lowest BCUT2D eigenvalue weighted by atomic mass is 9.91. The van der Waals surface area contributed by atoms with E-state index in [0.717, 1.165) is 12.2 Å². The number of rotatable bonds is 8. The lowest BCUT2D eigenvalue weighted by Gasteiger charge is -2.32. The smallest absolute Gasteiger partial charge is 0.276 e. The molecule has 3 rings (SSSR count). The second-order valence-electron chi connectivity index (χ2n) is 9.82. The van der Waals surface area contributed by atoms with Gasteiger partial charge in [0.25, 0.3) is 5.91 Å². The summed E-state index contributed by atoms with van der Waals surface area (Å²) in [5.74, 6) is 0.570. The SMILES string of the molecule is COc1cccc(-n2nnc(C(=O)N3CCC(C(=O)NCC(C)(C)CN(C)C)CC3)c2C)c1. The summed E-state index contributed by atoms with van der Waals surface area (Å²) in [6.45, 7) is 8.73. The van der Waals surface area contributed by atoms with Crippen LogP contribution in [-0.4, -0.2) is 84.0 Å². The predicted molar refractivity (Wildman–Crippen MR) is 127 cm³/mol. The molecule has 2 aromatic rings. The Balaban J connectivity index is 1.57. The van der Waals surface area contributed by atoms with Crippen LogP contribution in [0.4, 0.5) is 0 Å². The van der Waals surface area contributed by atoms with Crippen LogP contribution in [0.3, 0.4) is 0 Å². The predicted octanol–water partition coefficient (Wildman–Crippen LogP) is 2.14. The molecule has 9 heteroatoms. The van der Waals surface area contributed by atoms with Crippen LogP contribution in [0.15, 0.2) is 24.3 Å². The van der Waals surface area contributed by atoms with Gasteiger partial charge < -0.3 is 19.9 Å². The number of benzene rings is 1. The van der Waals surface area contributed by atoms with Crippen LogP contribution >= 0.6 is 0 Å². The molecule has 0 spiro atoms. The largest absolute Gasteiger partial charge is 0.497 e. The van der Waals surface area contributed by atoms with Crippen molar-refractivity contribution in [3.8, 4) is 11.4 Å². The second kappa shape index (κ2) is 10.3. The van der Waals surface area contributed by atoms with E-state index in [1.165, 1.54) is 0 Å². The van der Waals surface area contributed by atoms with Crippen molar-refractivity contribution in [2.45, 2.75) is 33.6 Å². The number of methoxy groups -OCH3 is 1. The van der Waals surface area contributed by atoms with Gasteiger partial charge in [-0.3, -0.25) is 9.59 Å². The van der Waals surface area contributed by atoms with Crippen LogP contribution in [0, 0.1) is 18.3 Å². The number of likely N-dealkylation sites (tertiary alicyclic amines) is 1. The summed E-state index contributed by atoms with van der Waals surface area (Å²) >= 11 is 0. The minimum atomic E-state index is -0.146. The molecule has 9 nitrogen and oxygen atoms in total. The minimum Gasteiger partial charge on any atom is -0.497 e. The van der Waals surface area contributed by atoms with E-state index in [9.17, 15) is 9.59 Å². The number of ether oxygens (including phenoxy) is 1. The average molecular weight is 457 g/mol. The third-order valence-corrected chi connectivity index (χ3v) is 6.03. The fourth-order valence-electron chi connectivity index (χ4n) is 4.39. The summed E-state index contributed by atoms with van der Waals surface area (Å²) in [4.78, 5) is 29.7. The van der Waals surface area contributed by atoms with Crippen molar-refractivity contribution in [3.05, 3.63) is 35.7 Å². The third-order valence-electron chi connectivity index (χ3n) is 6.03. The zero-order chi connectivity index (χ0) is 24.2. The van der Waals surface area contributed by atoms with E-state index in [1.807, 2.05) is 45.3 Å². The van der Waals surface area contributed by atoms with E-state index in [1.54, 1.807) is 16.7 Å². The fourth-order valence-corrected chi connectivity index (χ4v) is 4.39. The molecule has 1 fully saturated rings. The lowest BCUT2D eigenvalue weighted by Crippen LogP contribution is -2.46. The molecule has 33 heavy (non-hydrogen) atoms. The van der Waals surface area contributed by atoms with Crippen molar-refractivity contribution in [2.24, 2.45) is 11.3 Å². The van der Waals surface area contributed by atoms with Gasteiger partial charge in [0.05, 0.1) is 18.5 Å². The Morgan fingerprint density at radius 2 is 1.94 bits per heavy atom. The van der Waals surface area contributed by atoms with E-state index in [0.29, 0.717) is 49.6 Å². The highest BCUT2D eigenvalue weighted by Gasteiger charge is 2.31. The van der Waals surface area contributed by atoms with Crippen molar-refractivity contribution in [2.75, 3.05) is 47.4 Å². The zero-order valence-electron chi connectivity index (χ0n) is 20.6. The molecule has 2 amide bonds. The first-order valence-corrected chi connectivity index (χ1v) is 11.4. The molecule has 1 aliphatic heterocycles. The molecule has 1 aromatic carbocycles. The van der Waals surface area contributed by atoms with Gasteiger partial charge in [0.1, 0.15) is 5.75 Å². The molecular formula is C24H36N6O3. The van der Waals surface area contributed by atoms with Gasteiger partial charge in [-0.1, -0.05) is 25.1 Å². The van der Waals surface area contributed by atoms with Crippen LogP contribution in [0.25, 0.3) is 5.69 Å². The van der Waals surface area contributed by atoms with Crippen LogP contribution in [0.2, 0.25) is 0 Å². The maximum absolute atomic E-state index is 13.1. The van der Waals surface area contributed by atoms with Crippen LogP contribution < -0.4 is 10.1 Å². The molecule has 0 atom stereocenters. The van der Waals surface area contributed by atoms with Crippen molar-refractivity contribution < 1.29 is 14.3 Å². The number of hydrogen-bond donors (Lipinski definition) is 1. The molecular weight excluding hydrogens is 420 g/mol. The summed E-state index contributed by atoms with van der Waals surface area (Å²) < 4.78 is 6.92. The van der Waals surface area contributed by atoms with Crippen molar-refractivity contribution in [1.82, 2.24) is 30.1 Å². The molecule has 1 aromatic heterocycles. The molecule has 1 aliphatic rings. The highest BCUT2D eigenvalue weighted by atomic mass is 16.5. The Labute approximate surface area is 196 Å². The summed E-state index contributed by atoms with van der Waals surface area (Å²) in [6.07, 6.45) is 1.30. The molecule has 0 bridgehead atoms. The molecule has 0 saturated carbocycles. The number of carbonyl (C=O) groups excluding carboxylic acids is 2.